The van der Waals surface area contributed by atoms with Crippen molar-refractivity contribution in [2.75, 3.05) is 10.8 Å². The third kappa shape index (κ3) is 2.35. The van der Waals surface area contributed by atoms with Crippen LogP contribution in [0.2, 0.25) is 0 Å². The summed E-state index contributed by atoms with van der Waals surface area (Å²) in [6.07, 6.45) is 2.82. The summed E-state index contributed by atoms with van der Waals surface area (Å²) < 4.78 is 29.0. The summed E-state index contributed by atoms with van der Waals surface area (Å²) in [6, 6.07) is 2.52. The number of aromatic hydroxyl groups is 1. The van der Waals surface area contributed by atoms with Crippen molar-refractivity contribution < 1.29 is 18.5 Å². The molecule has 0 aromatic heterocycles. The number of benzene rings is 1. The number of hydrogen-bond acceptors (Lipinski definition) is 4. The predicted molar refractivity (Wildman–Crippen MR) is 76.7 cm³/mol. The molecule has 1 aliphatic carbocycles. The SMILES string of the molecule is NC(=C1CCC1)c1cc(O)c(N2CC(=O)NS2=O)c(F)c1. The Morgan fingerprint density at radius 1 is 1.43 bits per heavy atom. The van der Waals surface area contributed by atoms with Gasteiger partial charge in [0.1, 0.15) is 18.0 Å². The van der Waals surface area contributed by atoms with Crippen molar-refractivity contribution in [2.45, 2.75) is 19.3 Å². The molecule has 1 unspecified atom stereocenters. The molecule has 1 atom stereocenters. The van der Waals surface area contributed by atoms with E-state index in [0.29, 0.717) is 11.3 Å². The molecule has 2 aliphatic rings. The van der Waals surface area contributed by atoms with Gasteiger partial charge in [-0.2, -0.15) is 0 Å². The monoisotopic (exact) mass is 311 g/mol. The Bertz CT molecular complexity index is 660. The molecule has 1 aliphatic heterocycles. The fraction of sp³-hybridized carbons (Fsp3) is 0.308. The number of halogens is 1. The van der Waals surface area contributed by atoms with Crippen LogP contribution in [0, 0.1) is 5.82 Å². The van der Waals surface area contributed by atoms with Gasteiger partial charge in [-0.25, -0.2) is 8.60 Å². The first-order valence-corrected chi connectivity index (χ1v) is 7.57. The van der Waals surface area contributed by atoms with Gasteiger partial charge in [0.15, 0.2) is 5.82 Å². The average Bonchev–Trinajstić information content (AvgIpc) is 2.65. The normalized spacial score (nSPS) is 21.2. The zero-order valence-electron chi connectivity index (χ0n) is 11.1. The second-order valence-corrected chi connectivity index (χ2v) is 6.15. The van der Waals surface area contributed by atoms with E-state index in [9.17, 15) is 18.5 Å². The number of allylic oxidation sites excluding steroid dienone is 1. The Labute approximate surface area is 123 Å². The highest BCUT2D eigenvalue weighted by Gasteiger charge is 2.31. The predicted octanol–water partition coefficient (Wildman–Crippen LogP) is 0.900. The van der Waals surface area contributed by atoms with Crippen LogP contribution in [0.25, 0.3) is 5.70 Å². The van der Waals surface area contributed by atoms with Gasteiger partial charge in [0.25, 0.3) is 5.91 Å². The maximum Gasteiger partial charge on any atom is 0.253 e. The summed E-state index contributed by atoms with van der Waals surface area (Å²) >= 11 is -1.89. The molecule has 1 amide bonds. The van der Waals surface area contributed by atoms with E-state index in [-0.39, 0.29) is 12.2 Å². The number of phenolic OH excluding ortho intramolecular Hbond substituents is 1. The summed E-state index contributed by atoms with van der Waals surface area (Å²) in [5.74, 6) is -1.65. The first kappa shape index (κ1) is 13.9. The van der Waals surface area contributed by atoms with Gasteiger partial charge >= 0.3 is 0 Å². The number of carbonyl (C=O) groups is 1. The Kier molecular flexibility index (Phi) is 3.32. The van der Waals surface area contributed by atoms with Crippen LogP contribution in [0.5, 0.6) is 5.75 Å². The van der Waals surface area contributed by atoms with E-state index in [2.05, 4.69) is 4.72 Å². The Morgan fingerprint density at radius 2 is 2.14 bits per heavy atom. The lowest BCUT2D eigenvalue weighted by Crippen LogP contribution is -2.23. The molecule has 0 spiro atoms. The van der Waals surface area contributed by atoms with Crippen molar-refractivity contribution in [3.05, 3.63) is 29.1 Å². The van der Waals surface area contributed by atoms with Crippen LogP contribution in [-0.4, -0.2) is 21.8 Å². The summed E-state index contributed by atoms with van der Waals surface area (Å²) in [7, 11) is 0. The minimum atomic E-state index is -1.89. The highest BCUT2D eigenvalue weighted by molar-refractivity contribution is 7.85. The third-order valence-electron chi connectivity index (χ3n) is 3.63. The molecule has 1 saturated heterocycles. The molecule has 2 fully saturated rings. The molecule has 6 nitrogen and oxygen atoms in total. The molecule has 4 N–H and O–H groups in total. The summed E-state index contributed by atoms with van der Waals surface area (Å²) in [6.45, 7) is -0.271. The van der Waals surface area contributed by atoms with Crippen molar-refractivity contribution in [1.29, 1.82) is 0 Å². The van der Waals surface area contributed by atoms with Gasteiger partial charge in [-0.05, 0) is 37.0 Å². The van der Waals surface area contributed by atoms with Crippen molar-refractivity contribution in [2.24, 2.45) is 5.73 Å². The number of nitrogens with zero attached hydrogens (tertiary/aromatic N) is 1. The van der Waals surface area contributed by atoms with Crippen LogP contribution in [0.15, 0.2) is 17.7 Å². The molecule has 0 radical (unpaired) electrons. The largest absolute Gasteiger partial charge is 0.506 e. The fourth-order valence-corrected chi connectivity index (χ4v) is 3.30. The zero-order valence-corrected chi connectivity index (χ0v) is 11.9. The molecule has 1 aromatic carbocycles. The number of anilines is 1. The molecule has 112 valence electrons. The van der Waals surface area contributed by atoms with Crippen LogP contribution < -0.4 is 14.8 Å². The minimum absolute atomic E-state index is 0.262. The average molecular weight is 311 g/mol. The number of hydrogen-bond donors (Lipinski definition) is 3. The van der Waals surface area contributed by atoms with E-state index < -0.39 is 28.6 Å². The molecule has 1 saturated carbocycles. The van der Waals surface area contributed by atoms with E-state index >= 15 is 0 Å². The van der Waals surface area contributed by atoms with Gasteiger partial charge < -0.3 is 10.8 Å². The van der Waals surface area contributed by atoms with Crippen LogP contribution in [0.4, 0.5) is 10.1 Å². The molecule has 21 heavy (non-hydrogen) atoms. The first-order valence-electron chi connectivity index (χ1n) is 6.46. The van der Waals surface area contributed by atoms with Gasteiger partial charge in [0.2, 0.25) is 11.2 Å². The van der Waals surface area contributed by atoms with Crippen LogP contribution in [-0.2, 0) is 16.0 Å². The number of nitrogens with two attached hydrogens (primary N) is 1. The standard InChI is InChI=1S/C13H14FN3O3S/c14-9-4-8(12(15)7-2-1-3-7)5-10(18)13(9)17-6-11(19)16-21(17)20/h4-5,18H,1-3,6,15H2,(H,16,19). The Morgan fingerprint density at radius 3 is 2.62 bits per heavy atom. The molecule has 1 aromatic rings. The van der Waals surface area contributed by atoms with E-state index in [1.54, 1.807) is 0 Å². The lowest BCUT2D eigenvalue weighted by molar-refractivity contribution is -0.117. The van der Waals surface area contributed by atoms with Crippen LogP contribution in [0.3, 0.4) is 0 Å². The van der Waals surface area contributed by atoms with Crippen molar-refractivity contribution in [3.8, 4) is 5.75 Å². The molecule has 0 bridgehead atoms. The van der Waals surface area contributed by atoms with Gasteiger partial charge in [-0.1, -0.05) is 0 Å². The number of carbonyl (C=O) groups excluding carboxylic acids is 1. The van der Waals surface area contributed by atoms with Crippen molar-refractivity contribution >= 4 is 28.5 Å². The number of rotatable bonds is 2. The Balaban J connectivity index is 2.01. The third-order valence-corrected chi connectivity index (χ3v) is 4.74. The highest BCUT2D eigenvalue weighted by atomic mass is 32.2. The van der Waals surface area contributed by atoms with Crippen molar-refractivity contribution in [3.63, 3.8) is 0 Å². The lowest BCUT2D eigenvalue weighted by Gasteiger charge is -2.21. The van der Waals surface area contributed by atoms with E-state index in [0.717, 1.165) is 29.1 Å². The summed E-state index contributed by atoms with van der Waals surface area (Å²) in [5.41, 5.74) is 7.60. The topological polar surface area (TPSA) is 95.7 Å². The molecular weight excluding hydrogens is 297 g/mol. The fourth-order valence-electron chi connectivity index (χ4n) is 2.35. The van der Waals surface area contributed by atoms with Gasteiger partial charge in [0.05, 0.1) is 0 Å². The highest BCUT2D eigenvalue weighted by Crippen LogP contribution is 2.37. The second kappa shape index (κ2) is 5.03. The molecule has 8 heteroatoms. The first-order chi connectivity index (χ1) is 9.97. The van der Waals surface area contributed by atoms with Gasteiger partial charge in [0, 0.05) is 11.3 Å². The Hall–Kier alpha value is -2.09. The van der Waals surface area contributed by atoms with E-state index in [4.69, 9.17) is 5.73 Å². The molecule has 1 heterocycles. The summed E-state index contributed by atoms with van der Waals surface area (Å²) in [5, 5.41) is 10.0. The lowest BCUT2D eigenvalue weighted by atomic mass is 9.88. The van der Waals surface area contributed by atoms with E-state index in [1.807, 2.05) is 0 Å². The van der Waals surface area contributed by atoms with Crippen molar-refractivity contribution in [1.82, 2.24) is 4.72 Å². The zero-order chi connectivity index (χ0) is 15.1. The van der Waals surface area contributed by atoms with Gasteiger partial charge in [-0.3, -0.25) is 13.8 Å². The summed E-state index contributed by atoms with van der Waals surface area (Å²) in [4.78, 5) is 11.2. The number of amides is 1. The van der Waals surface area contributed by atoms with Crippen LogP contribution >= 0.6 is 0 Å². The quantitative estimate of drug-likeness (QED) is 0.756. The second-order valence-electron chi connectivity index (χ2n) is 5.01. The molecular formula is C13H14FN3O3S. The number of nitrogens with one attached hydrogen (secondary N) is 1. The number of phenols is 1. The maximum atomic E-state index is 14.3. The maximum absolute atomic E-state index is 14.3. The minimum Gasteiger partial charge on any atom is -0.506 e. The van der Waals surface area contributed by atoms with Crippen LogP contribution in [0.1, 0.15) is 24.8 Å². The van der Waals surface area contributed by atoms with Gasteiger partial charge in [-0.15, -0.1) is 0 Å². The van der Waals surface area contributed by atoms with E-state index in [1.165, 1.54) is 12.1 Å². The smallest absolute Gasteiger partial charge is 0.253 e. The molecule has 3 rings (SSSR count).